The van der Waals surface area contributed by atoms with E-state index in [9.17, 15) is 13.2 Å². The minimum atomic E-state index is -0.914. The Balaban J connectivity index is 2.38. The minimum absolute atomic E-state index is 0.109. The fourth-order valence-electron chi connectivity index (χ4n) is 2.29. The molecule has 0 radical (unpaired) electrons. The van der Waals surface area contributed by atoms with Crippen LogP contribution in [-0.2, 0) is 6.42 Å². The van der Waals surface area contributed by atoms with Crippen molar-refractivity contribution in [1.29, 1.82) is 0 Å². The molecule has 2 aromatic carbocycles. The first kappa shape index (κ1) is 15.9. The van der Waals surface area contributed by atoms with Crippen LogP contribution in [0.4, 0.5) is 13.2 Å². The maximum absolute atomic E-state index is 14.0. The fourth-order valence-corrected chi connectivity index (χ4v) is 2.59. The zero-order valence-electron chi connectivity index (χ0n) is 11.5. The smallest absolute Gasteiger partial charge is 0.162 e. The molecule has 0 aromatic heterocycles. The van der Waals surface area contributed by atoms with Gasteiger partial charge in [0.25, 0.3) is 0 Å². The first-order valence-corrected chi connectivity index (χ1v) is 7.02. The summed E-state index contributed by atoms with van der Waals surface area (Å²) in [5.41, 5.74) is 0.449. The Hall–Kier alpha value is -1.52. The van der Waals surface area contributed by atoms with E-state index in [1.54, 1.807) is 6.07 Å². The lowest BCUT2D eigenvalue weighted by atomic mass is 9.97. The number of hydrogen-bond acceptors (Lipinski definition) is 1. The Kier molecular flexibility index (Phi) is 5.26. The Bertz CT molecular complexity index is 611. The first-order chi connectivity index (χ1) is 10.0. The molecule has 0 saturated carbocycles. The monoisotopic (exact) mass is 313 g/mol. The van der Waals surface area contributed by atoms with Gasteiger partial charge in [-0.05, 0) is 36.7 Å². The molecule has 0 saturated heterocycles. The van der Waals surface area contributed by atoms with Crippen LogP contribution in [0, 0.1) is 17.5 Å². The molecule has 0 fully saturated rings. The second-order valence-corrected chi connectivity index (χ2v) is 5.07. The predicted molar refractivity (Wildman–Crippen MR) is 77.9 cm³/mol. The van der Waals surface area contributed by atoms with Gasteiger partial charge in [0.2, 0.25) is 0 Å². The highest BCUT2D eigenvalue weighted by Gasteiger charge is 2.21. The average Bonchev–Trinajstić information content (AvgIpc) is 2.44. The van der Waals surface area contributed by atoms with Gasteiger partial charge in [-0.25, -0.2) is 13.2 Å². The normalized spacial score (nSPS) is 12.4. The quantitative estimate of drug-likeness (QED) is 0.847. The van der Waals surface area contributed by atoms with Crippen LogP contribution in [0.25, 0.3) is 0 Å². The molecule has 1 N–H and O–H groups in total. The van der Waals surface area contributed by atoms with Gasteiger partial charge in [-0.2, -0.15) is 0 Å². The molecule has 21 heavy (non-hydrogen) atoms. The number of likely N-dealkylation sites (N-methyl/N-ethyl adjacent to an activating group) is 1. The third-order valence-corrected chi connectivity index (χ3v) is 3.58. The lowest BCUT2D eigenvalue weighted by Crippen LogP contribution is -2.24. The third-order valence-electron chi connectivity index (χ3n) is 3.25. The predicted octanol–water partition coefficient (Wildman–Crippen LogP) is 4.65. The maximum Gasteiger partial charge on any atom is 0.162 e. The van der Waals surface area contributed by atoms with E-state index >= 15 is 0 Å². The van der Waals surface area contributed by atoms with Crippen LogP contribution in [0.2, 0.25) is 5.02 Å². The molecule has 2 aromatic rings. The number of benzene rings is 2. The molecule has 1 nitrogen and oxygen atoms in total. The molecule has 1 atom stereocenters. The van der Waals surface area contributed by atoms with Crippen LogP contribution in [0.15, 0.2) is 36.4 Å². The molecule has 0 amide bonds. The van der Waals surface area contributed by atoms with E-state index in [2.05, 4.69) is 5.32 Å². The van der Waals surface area contributed by atoms with Crippen molar-refractivity contribution in [2.24, 2.45) is 0 Å². The Morgan fingerprint density at radius 1 is 1.05 bits per heavy atom. The highest BCUT2D eigenvalue weighted by Crippen LogP contribution is 2.29. The van der Waals surface area contributed by atoms with Crippen molar-refractivity contribution < 1.29 is 13.2 Å². The molecule has 0 heterocycles. The van der Waals surface area contributed by atoms with Gasteiger partial charge >= 0.3 is 0 Å². The van der Waals surface area contributed by atoms with Crippen molar-refractivity contribution in [2.75, 3.05) is 6.54 Å². The van der Waals surface area contributed by atoms with E-state index in [0.29, 0.717) is 6.54 Å². The fraction of sp³-hybridized carbons (Fsp3) is 0.250. The van der Waals surface area contributed by atoms with Crippen molar-refractivity contribution >= 4 is 11.6 Å². The van der Waals surface area contributed by atoms with Crippen molar-refractivity contribution in [1.82, 2.24) is 5.32 Å². The van der Waals surface area contributed by atoms with Crippen molar-refractivity contribution in [3.8, 4) is 0 Å². The summed E-state index contributed by atoms with van der Waals surface area (Å²) in [6.45, 7) is 2.40. The molecular formula is C16H15ClF3N. The minimum Gasteiger partial charge on any atom is -0.310 e. The molecule has 0 aliphatic rings. The molecule has 1 unspecified atom stereocenters. The van der Waals surface area contributed by atoms with Gasteiger partial charge < -0.3 is 5.32 Å². The van der Waals surface area contributed by atoms with E-state index in [0.717, 1.165) is 6.07 Å². The zero-order chi connectivity index (χ0) is 15.4. The number of nitrogens with one attached hydrogen (secondary N) is 1. The summed E-state index contributed by atoms with van der Waals surface area (Å²) in [6, 6.07) is 7.82. The lowest BCUT2D eigenvalue weighted by molar-refractivity contribution is 0.472. The van der Waals surface area contributed by atoms with Crippen molar-refractivity contribution in [3.05, 3.63) is 70.0 Å². The van der Waals surface area contributed by atoms with Crippen LogP contribution in [0.5, 0.6) is 0 Å². The standard InChI is InChI=1S/C16H15ClF3N/c1-2-21-14(15-11(17)6-4-7-12(15)18)9-10-5-3-8-13(19)16(10)20/h3-8,14,21H,2,9H2,1H3. The third kappa shape index (κ3) is 3.57. The SMILES string of the molecule is CCNC(Cc1cccc(F)c1F)c1c(F)cccc1Cl. The average molecular weight is 314 g/mol. The van der Waals surface area contributed by atoms with E-state index < -0.39 is 23.5 Å². The van der Waals surface area contributed by atoms with Crippen LogP contribution in [0.3, 0.4) is 0 Å². The highest BCUT2D eigenvalue weighted by molar-refractivity contribution is 6.31. The van der Waals surface area contributed by atoms with Crippen molar-refractivity contribution in [3.63, 3.8) is 0 Å². The number of halogens is 4. The summed E-state index contributed by atoms with van der Waals surface area (Å²) in [5, 5.41) is 3.32. The molecule has 0 aliphatic heterocycles. The van der Waals surface area contributed by atoms with Gasteiger partial charge in [0.1, 0.15) is 5.82 Å². The molecule has 5 heteroatoms. The summed E-state index contributed by atoms with van der Waals surface area (Å²) in [5.74, 6) is -2.29. The summed E-state index contributed by atoms with van der Waals surface area (Å²) < 4.78 is 41.1. The van der Waals surface area contributed by atoms with Gasteiger partial charge in [-0.3, -0.25) is 0 Å². The lowest BCUT2D eigenvalue weighted by Gasteiger charge is -2.20. The Labute approximate surface area is 126 Å². The van der Waals surface area contributed by atoms with E-state index in [1.165, 1.54) is 24.3 Å². The molecule has 112 valence electrons. The van der Waals surface area contributed by atoms with Gasteiger partial charge in [0, 0.05) is 16.6 Å². The van der Waals surface area contributed by atoms with Gasteiger partial charge in [-0.1, -0.05) is 36.7 Å². The molecule has 2 rings (SSSR count). The van der Waals surface area contributed by atoms with E-state index in [4.69, 9.17) is 11.6 Å². The molecular weight excluding hydrogens is 299 g/mol. The van der Waals surface area contributed by atoms with Crippen molar-refractivity contribution in [2.45, 2.75) is 19.4 Å². The summed E-state index contributed by atoms with van der Waals surface area (Å²) >= 11 is 6.05. The number of hydrogen-bond donors (Lipinski definition) is 1. The summed E-state index contributed by atoms with van der Waals surface area (Å²) in [6.07, 6.45) is 0.109. The maximum atomic E-state index is 14.0. The second-order valence-electron chi connectivity index (χ2n) is 4.66. The topological polar surface area (TPSA) is 12.0 Å². The Morgan fingerprint density at radius 3 is 2.38 bits per heavy atom. The van der Waals surface area contributed by atoms with Gasteiger partial charge in [-0.15, -0.1) is 0 Å². The van der Waals surface area contributed by atoms with Crippen LogP contribution in [0.1, 0.15) is 24.1 Å². The Morgan fingerprint density at radius 2 is 1.71 bits per heavy atom. The molecule has 0 spiro atoms. The van der Waals surface area contributed by atoms with Gasteiger partial charge in [0.15, 0.2) is 11.6 Å². The van der Waals surface area contributed by atoms with Crippen LogP contribution in [-0.4, -0.2) is 6.54 Å². The summed E-state index contributed by atoms with van der Waals surface area (Å²) in [4.78, 5) is 0. The second kappa shape index (κ2) is 6.96. The first-order valence-electron chi connectivity index (χ1n) is 6.64. The highest BCUT2D eigenvalue weighted by atomic mass is 35.5. The molecule has 0 bridgehead atoms. The van der Waals surface area contributed by atoms with Crippen LogP contribution < -0.4 is 5.32 Å². The number of rotatable bonds is 5. The van der Waals surface area contributed by atoms with E-state index in [1.807, 2.05) is 6.92 Å². The van der Waals surface area contributed by atoms with Crippen LogP contribution >= 0.6 is 11.6 Å². The summed E-state index contributed by atoms with van der Waals surface area (Å²) in [7, 11) is 0. The largest absolute Gasteiger partial charge is 0.310 e. The molecule has 0 aliphatic carbocycles. The van der Waals surface area contributed by atoms with E-state index in [-0.39, 0.29) is 22.6 Å². The zero-order valence-corrected chi connectivity index (χ0v) is 12.2. The van der Waals surface area contributed by atoms with Gasteiger partial charge in [0.05, 0.1) is 0 Å².